The number of rotatable bonds is 3. The highest BCUT2D eigenvalue weighted by atomic mass is 32.1. The van der Waals surface area contributed by atoms with Crippen molar-refractivity contribution in [2.45, 2.75) is 19.9 Å². The van der Waals surface area contributed by atoms with Crippen molar-refractivity contribution in [3.05, 3.63) is 28.2 Å². The van der Waals surface area contributed by atoms with Crippen molar-refractivity contribution in [2.24, 2.45) is 0 Å². The molecule has 0 saturated carbocycles. The molecule has 2 rings (SSSR count). The number of thiazole rings is 1. The van der Waals surface area contributed by atoms with E-state index in [0.29, 0.717) is 10.7 Å². The molecule has 2 heterocycles. The lowest BCUT2D eigenvalue weighted by Gasteiger charge is -2.09. The van der Waals surface area contributed by atoms with Crippen LogP contribution in [-0.4, -0.2) is 26.1 Å². The molecule has 0 saturated heterocycles. The number of nitrogens with zero attached hydrogens (tertiary/aromatic N) is 3. The molecular formula is C9H11N5OS. The Morgan fingerprint density at radius 3 is 2.94 bits per heavy atom. The summed E-state index contributed by atoms with van der Waals surface area (Å²) in [4.78, 5) is 20.5. The van der Waals surface area contributed by atoms with E-state index in [1.165, 1.54) is 17.7 Å². The van der Waals surface area contributed by atoms with Crippen LogP contribution in [0.1, 0.15) is 34.2 Å². The van der Waals surface area contributed by atoms with Gasteiger partial charge in [-0.25, -0.2) is 9.97 Å². The van der Waals surface area contributed by atoms with E-state index in [9.17, 15) is 4.79 Å². The van der Waals surface area contributed by atoms with Gasteiger partial charge >= 0.3 is 0 Å². The molecule has 0 aliphatic rings. The molecule has 2 N–H and O–H groups in total. The Morgan fingerprint density at radius 1 is 1.56 bits per heavy atom. The van der Waals surface area contributed by atoms with Gasteiger partial charge in [0.1, 0.15) is 17.0 Å². The van der Waals surface area contributed by atoms with Gasteiger partial charge in [-0.15, -0.1) is 11.3 Å². The molecule has 0 spiro atoms. The number of hydrogen-bond acceptors (Lipinski definition) is 5. The average Bonchev–Trinajstić information content (AvgIpc) is 2.86. The van der Waals surface area contributed by atoms with Gasteiger partial charge in [-0.1, -0.05) is 0 Å². The van der Waals surface area contributed by atoms with Crippen LogP contribution in [-0.2, 0) is 0 Å². The first-order chi connectivity index (χ1) is 7.68. The Hall–Kier alpha value is -1.76. The van der Waals surface area contributed by atoms with Crippen LogP contribution in [0.5, 0.6) is 0 Å². The molecule has 2 aromatic heterocycles. The first-order valence-corrected chi connectivity index (χ1v) is 5.62. The lowest BCUT2D eigenvalue weighted by atomic mass is 10.3. The van der Waals surface area contributed by atoms with Gasteiger partial charge in [-0.05, 0) is 13.8 Å². The van der Waals surface area contributed by atoms with Crippen LogP contribution in [0.3, 0.4) is 0 Å². The van der Waals surface area contributed by atoms with Gasteiger partial charge < -0.3 is 5.32 Å². The molecular weight excluding hydrogens is 226 g/mol. The van der Waals surface area contributed by atoms with Gasteiger partial charge in [0.15, 0.2) is 0 Å². The first kappa shape index (κ1) is 10.7. The summed E-state index contributed by atoms with van der Waals surface area (Å²) in [6, 6.07) is -0.198. The number of aromatic nitrogens is 4. The van der Waals surface area contributed by atoms with E-state index in [2.05, 4.69) is 25.5 Å². The quantitative estimate of drug-likeness (QED) is 0.836. The molecule has 1 unspecified atom stereocenters. The van der Waals surface area contributed by atoms with Crippen LogP contribution in [0.15, 0.2) is 11.8 Å². The van der Waals surface area contributed by atoms with Crippen LogP contribution in [0.4, 0.5) is 0 Å². The van der Waals surface area contributed by atoms with E-state index in [1.807, 2.05) is 13.8 Å². The van der Waals surface area contributed by atoms with Gasteiger partial charge in [-0.3, -0.25) is 9.89 Å². The number of amides is 1. The molecule has 1 atom stereocenters. The molecule has 0 radical (unpaired) electrons. The summed E-state index contributed by atoms with van der Waals surface area (Å²) in [5.41, 5.74) is 2.40. The molecule has 0 aromatic carbocycles. The predicted molar refractivity (Wildman–Crippen MR) is 59.1 cm³/mol. The van der Waals surface area contributed by atoms with Crippen LogP contribution in [0, 0.1) is 6.92 Å². The monoisotopic (exact) mass is 237 g/mol. The second kappa shape index (κ2) is 4.40. The zero-order valence-electron chi connectivity index (χ0n) is 8.89. The molecule has 0 bridgehead atoms. The standard InChI is InChI=1S/C9H11N5OS/c1-5-7(16-4-11-5)9(15)13-6(2)8-10-3-12-14-8/h3-4,6H,1-2H3,(H,13,15)(H,10,12,14). The van der Waals surface area contributed by atoms with Gasteiger partial charge in [0.05, 0.1) is 17.2 Å². The van der Waals surface area contributed by atoms with E-state index in [-0.39, 0.29) is 11.9 Å². The van der Waals surface area contributed by atoms with Crippen molar-refractivity contribution < 1.29 is 4.79 Å². The average molecular weight is 237 g/mol. The van der Waals surface area contributed by atoms with E-state index in [0.717, 1.165) is 5.69 Å². The number of nitrogens with one attached hydrogen (secondary N) is 2. The summed E-state index contributed by atoms with van der Waals surface area (Å²) in [5.74, 6) is 0.499. The summed E-state index contributed by atoms with van der Waals surface area (Å²) in [5, 5.41) is 9.27. The highest BCUT2D eigenvalue weighted by Gasteiger charge is 2.16. The van der Waals surface area contributed by atoms with E-state index < -0.39 is 0 Å². The Labute approximate surface area is 96.1 Å². The minimum Gasteiger partial charge on any atom is -0.342 e. The molecule has 0 aliphatic heterocycles. The minimum atomic E-state index is -0.198. The lowest BCUT2D eigenvalue weighted by molar-refractivity contribution is 0.0941. The molecule has 0 fully saturated rings. The zero-order valence-corrected chi connectivity index (χ0v) is 9.71. The van der Waals surface area contributed by atoms with Crippen molar-refractivity contribution in [3.63, 3.8) is 0 Å². The number of hydrogen-bond donors (Lipinski definition) is 2. The third-order valence-electron chi connectivity index (χ3n) is 2.14. The topological polar surface area (TPSA) is 83.6 Å². The number of H-pyrrole nitrogens is 1. The summed E-state index contributed by atoms with van der Waals surface area (Å²) in [7, 11) is 0. The Morgan fingerprint density at radius 2 is 2.38 bits per heavy atom. The molecule has 84 valence electrons. The fourth-order valence-corrected chi connectivity index (χ4v) is 1.98. The molecule has 2 aromatic rings. The molecule has 16 heavy (non-hydrogen) atoms. The molecule has 1 amide bonds. The molecule has 0 aliphatic carbocycles. The Kier molecular flexibility index (Phi) is 2.95. The fourth-order valence-electron chi connectivity index (χ4n) is 1.27. The number of aryl methyl sites for hydroxylation is 1. The summed E-state index contributed by atoms with van der Waals surface area (Å²) in [6.07, 6.45) is 1.41. The second-order valence-corrected chi connectivity index (χ2v) is 4.19. The van der Waals surface area contributed by atoms with Crippen LogP contribution >= 0.6 is 11.3 Å². The smallest absolute Gasteiger partial charge is 0.263 e. The molecule has 7 heteroatoms. The van der Waals surface area contributed by atoms with Crippen LogP contribution < -0.4 is 5.32 Å². The van der Waals surface area contributed by atoms with E-state index >= 15 is 0 Å². The van der Waals surface area contributed by atoms with Gasteiger partial charge in [-0.2, -0.15) is 5.10 Å². The number of aromatic amines is 1. The predicted octanol–water partition coefficient (Wildman–Crippen LogP) is 1.06. The normalized spacial score (nSPS) is 12.4. The van der Waals surface area contributed by atoms with Gasteiger partial charge in [0.25, 0.3) is 5.91 Å². The van der Waals surface area contributed by atoms with Crippen LogP contribution in [0.2, 0.25) is 0 Å². The molecule has 6 nitrogen and oxygen atoms in total. The SMILES string of the molecule is Cc1ncsc1C(=O)NC(C)c1ncn[nH]1. The maximum Gasteiger partial charge on any atom is 0.263 e. The highest BCUT2D eigenvalue weighted by molar-refractivity contribution is 7.11. The summed E-state index contributed by atoms with van der Waals surface area (Å²) < 4.78 is 0. The van der Waals surface area contributed by atoms with Crippen molar-refractivity contribution >= 4 is 17.2 Å². The maximum atomic E-state index is 11.8. The van der Waals surface area contributed by atoms with E-state index in [4.69, 9.17) is 0 Å². The van der Waals surface area contributed by atoms with Gasteiger partial charge in [0, 0.05) is 0 Å². The van der Waals surface area contributed by atoms with Crippen molar-refractivity contribution in [1.29, 1.82) is 0 Å². The van der Waals surface area contributed by atoms with Crippen molar-refractivity contribution in [3.8, 4) is 0 Å². The third-order valence-corrected chi connectivity index (χ3v) is 3.07. The minimum absolute atomic E-state index is 0.135. The second-order valence-electron chi connectivity index (χ2n) is 3.33. The van der Waals surface area contributed by atoms with Crippen LogP contribution in [0.25, 0.3) is 0 Å². The zero-order chi connectivity index (χ0) is 11.5. The Balaban J connectivity index is 2.06. The summed E-state index contributed by atoms with van der Waals surface area (Å²) in [6.45, 7) is 3.65. The first-order valence-electron chi connectivity index (χ1n) is 4.74. The highest BCUT2D eigenvalue weighted by Crippen LogP contribution is 2.13. The largest absolute Gasteiger partial charge is 0.342 e. The summed E-state index contributed by atoms with van der Waals surface area (Å²) >= 11 is 1.33. The third kappa shape index (κ3) is 2.08. The maximum absolute atomic E-state index is 11.8. The van der Waals surface area contributed by atoms with E-state index in [1.54, 1.807) is 5.51 Å². The Bertz CT molecular complexity index is 478. The number of carbonyl (C=O) groups excluding carboxylic acids is 1. The lowest BCUT2D eigenvalue weighted by Crippen LogP contribution is -2.27. The van der Waals surface area contributed by atoms with Crippen molar-refractivity contribution in [2.75, 3.05) is 0 Å². The number of carbonyl (C=O) groups is 1. The van der Waals surface area contributed by atoms with Crippen molar-refractivity contribution in [1.82, 2.24) is 25.5 Å². The fraction of sp³-hybridized carbons (Fsp3) is 0.333. The van der Waals surface area contributed by atoms with Gasteiger partial charge in [0.2, 0.25) is 0 Å².